The summed E-state index contributed by atoms with van der Waals surface area (Å²) in [7, 11) is 0. The van der Waals surface area contributed by atoms with Gasteiger partial charge in [0.1, 0.15) is 5.60 Å². The molecular formula is C26H35N3O4. The summed E-state index contributed by atoms with van der Waals surface area (Å²) >= 11 is 0. The van der Waals surface area contributed by atoms with Gasteiger partial charge in [0.15, 0.2) is 0 Å². The van der Waals surface area contributed by atoms with Crippen molar-refractivity contribution in [2.75, 3.05) is 31.1 Å². The van der Waals surface area contributed by atoms with Crippen molar-refractivity contribution in [1.29, 1.82) is 0 Å². The molecule has 1 fully saturated rings. The Kier molecular flexibility index (Phi) is 6.50. The molecule has 1 unspecified atom stereocenters. The maximum Gasteiger partial charge on any atom is 0.410 e. The quantitative estimate of drug-likeness (QED) is 0.714. The molecule has 1 aromatic rings. The molecule has 0 spiro atoms. The van der Waals surface area contributed by atoms with Gasteiger partial charge in [-0.1, -0.05) is 12.2 Å². The summed E-state index contributed by atoms with van der Waals surface area (Å²) in [6.45, 7) is 8.48. The number of carboxylic acid groups (broad SMARTS) is 1. The number of piperidine rings is 1. The lowest BCUT2D eigenvalue weighted by Crippen LogP contribution is -2.44. The number of aliphatic carboxylic acids is 1. The molecule has 1 saturated heterocycles. The summed E-state index contributed by atoms with van der Waals surface area (Å²) < 4.78 is 5.55. The van der Waals surface area contributed by atoms with Gasteiger partial charge < -0.3 is 19.6 Å². The molecule has 1 aliphatic carbocycles. The van der Waals surface area contributed by atoms with Crippen LogP contribution in [-0.4, -0.2) is 58.8 Å². The molecule has 3 heterocycles. The van der Waals surface area contributed by atoms with Crippen molar-refractivity contribution < 1.29 is 19.4 Å². The second-order valence-electron chi connectivity index (χ2n) is 10.6. The Balaban J connectivity index is 1.41. The average Bonchev–Trinajstić information content (AvgIpc) is 2.78. The van der Waals surface area contributed by atoms with Gasteiger partial charge in [-0.2, -0.15) is 0 Å². The van der Waals surface area contributed by atoms with E-state index >= 15 is 0 Å². The Bertz CT molecular complexity index is 942. The topological polar surface area (TPSA) is 83.0 Å². The number of amides is 1. The van der Waals surface area contributed by atoms with Gasteiger partial charge >= 0.3 is 12.1 Å². The van der Waals surface area contributed by atoms with E-state index in [1.54, 1.807) is 4.90 Å². The Hall–Kier alpha value is -2.83. The highest BCUT2D eigenvalue weighted by molar-refractivity contribution is 5.79. The van der Waals surface area contributed by atoms with E-state index < -0.39 is 17.0 Å². The van der Waals surface area contributed by atoms with Gasteiger partial charge in [-0.15, -0.1) is 0 Å². The van der Waals surface area contributed by atoms with Crippen LogP contribution in [-0.2, 0) is 9.53 Å². The molecule has 0 saturated carbocycles. The van der Waals surface area contributed by atoms with E-state index in [1.807, 2.05) is 57.4 Å². The predicted octanol–water partition coefficient (Wildman–Crippen LogP) is 4.66. The van der Waals surface area contributed by atoms with Crippen LogP contribution in [0.1, 0.15) is 52.9 Å². The van der Waals surface area contributed by atoms with Gasteiger partial charge in [0.05, 0.1) is 5.41 Å². The number of carbonyl (C=O) groups excluding carboxylic acids is 1. The van der Waals surface area contributed by atoms with E-state index in [1.165, 1.54) is 11.3 Å². The number of hydrogen-bond donors (Lipinski definition) is 1. The van der Waals surface area contributed by atoms with Crippen LogP contribution in [0.3, 0.4) is 0 Å². The molecule has 178 valence electrons. The highest BCUT2D eigenvalue weighted by atomic mass is 16.6. The molecule has 33 heavy (non-hydrogen) atoms. The Morgan fingerprint density at radius 1 is 1.18 bits per heavy atom. The van der Waals surface area contributed by atoms with E-state index in [4.69, 9.17) is 4.74 Å². The Morgan fingerprint density at radius 2 is 1.88 bits per heavy atom. The minimum Gasteiger partial charge on any atom is -0.481 e. The molecule has 0 bridgehead atoms. The van der Waals surface area contributed by atoms with Gasteiger partial charge in [0.25, 0.3) is 0 Å². The van der Waals surface area contributed by atoms with Gasteiger partial charge in [-0.3, -0.25) is 9.78 Å². The summed E-state index contributed by atoms with van der Waals surface area (Å²) in [5, 5.41) is 10.3. The van der Waals surface area contributed by atoms with Crippen LogP contribution in [0.25, 0.3) is 0 Å². The highest BCUT2D eigenvalue weighted by Crippen LogP contribution is 2.44. The van der Waals surface area contributed by atoms with Crippen LogP contribution in [0.5, 0.6) is 0 Å². The van der Waals surface area contributed by atoms with Crippen molar-refractivity contribution in [3.05, 3.63) is 47.8 Å². The SMILES string of the molecule is CC(C)(C)OC(=O)N1CCC2=C(C1)CC(CC1CCN(c3ccncc3)CC1)(C(=O)O)C=C2. The predicted molar refractivity (Wildman–Crippen MR) is 127 cm³/mol. The van der Waals surface area contributed by atoms with E-state index in [0.717, 1.165) is 37.9 Å². The second-order valence-corrected chi connectivity index (χ2v) is 10.6. The number of carbonyl (C=O) groups is 2. The Labute approximate surface area is 196 Å². The molecule has 0 aromatic carbocycles. The van der Waals surface area contributed by atoms with E-state index in [0.29, 0.717) is 31.8 Å². The van der Waals surface area contributed by atoms with Crippen molar-refractivity contribution in [2.45, 2.75) is 58.5 Å². The third-order valence-electron chi connectivity index (χ3n) is 6.99. The second kappa shape index (κ2) is 9.20. The van der Waals surface area contributed by atoms with Crippen LogP contribution in [0.2, 0.25) is 0 Å². The summed E-state index contributed by atoms with van der Waals surface area (Å²) in [5.74, 6) is -0.409. The third kappa shape index (κ3) is 5.40. The van der Waals surface area contributed by atoms with Crippen molar-refractivity contribution in [3.8, 4) is 0 Å². The normalized spacial score (nSPS) is 24.0. The maximum atomic E-state index is 12.6. The first-order chi connectivity index (χ1) is 15.7. The average molecular weight is 454 g/mol. The van der Waals surface area contributed by atoms with Gasteiger partial charge in [-0.25, -0.2) is 4.79 Å². The van der Waals surface area contributed by atoms with Gasteiger partial charge in [0, 0.05) is 44.3 Å². The number of nitrogens with zero attached hydrogens (tertiary/aromatic N) is 3. The fraction of sp³-hybridized carbons (Fsp3) is 0.577. The van der Waals surface area contributed by atoms with Crippen LogP contribution < -0.4 is 4.90 Å². The van der Waals surface area contributed by atoms with Crippen LogP contribution in [0.4, 0.5) is 10.5 Å². The van der Waals surface area contributed by atoms with Crippen LogP contribution >= 0.6 is 0 Å². The number of carboxylic acids is 1. The van der Waals surface area contributed by atoms with Crippen LogP contribution in [0, 0.1) is 11.3 Å². The third-order valence-corrected chi connectivity index (χ3v) is 6.99. The molecule has 3 aliphatic rings. The zero-order valence-corrected chi connectivity index (χ0v) is 19.9. The standard InChI is InChI=1S/C26H35N3O4/c1-25(2,3)33-24(32)29-15-9-20-4-10-26(23(30)31,17-21(20)18-29)16-19-7-13-28(14-8-19)22-5-11-27-12-6-22/h4-6,10-12,19H,7-9,13-18H2,1-3H3,(H,30,31). The number of ether oxygens (including phenoxy) is 1. The molecule has 7 nitrogen and oxygen atoms in total. The van der Waals surface area contributed by atoms with Gasteiger partial charge in [0.2, 0.25) is 0 Å². The zero-order chi connectivity index (χ0) is 23.6. The monoisotopic (exact) mass is 453 g/mol. The lowest BCUT2D eigenvalue weighted by molar-refractivity contribution is -0.147. The fourth-order valence-corrected chi connectivity index (χ4v) is 5.24. The molecule has 2 aliphatic heterocycles. The zero-order valence-electron chi connectivity index (χ0n) is 19.9. The summed E-state index contributed by atoms with van der Waals surface area (Å²) in [6.07, 6.45) is 11.0. The smallest absolute Gasteiger partial charge is 0.410 e. The molecule has 7 heteroatoms. The molecule has 1 amide bonds. The van der Waals surface area contributed by atoms with E-state index in [2.05, 4.69) is 9.88 Å². The number of aromatic nitrogens is 1. The Morgan fingerprint density at radius 3 is 2.52 bits per heavy atom. The molecule has 0 radical (unpaired) electrons. The lowest BCUT2D eigenvalue weighted by Gasteiger charge is -2.41. The molecule has 1 aromatic heterocycles. The summed E-state index contributed by atoms with van der Waals surface area (Å²) in [4.78, 5) is 33.3. The minimum absolute atomic E-state index is 0.326. The van der Waals surface area contributed by atoms with Crippen molar-refractivity contribution in [2.24, 2.45) is 11.3 Å². The lowest BCUT2D eigenvalue weighted by atomic mass is 9.68. The molecule has 4 rings (SSSR count). The van der Waals surface area contributed by atoms with Crippen molar-refractivity contribution >= 4 is 17.7 Å². The number of anilines is 1. The minimum atomic E-state index is -0.903. The highest BCUT2D eigenvalue weighted by Gasteiger charge is 2.43. The van der Waals surface area contributed by atoms with E-state index in [9.17, 15) is 14.7 Å². The fourth-order valence-electron chi connectivity index (χ4n) is 5.24. The summed E-state index contributed by atoms with van der Waals surface area (Å²) in [6, 6.07) is 4.05. The molecule has 1 N–H and O–H groups in total. The number of rotatable bonds is 4. The van der Waals surface area contributed by atoms with Crippen molar-refractivity contribution in [3.63, 3.8) is 0 Å². The molecular weight excluding hydrogens is 418 g/mol. The largest absolute Gasteiger partial charge is 0.481 e. The van der Waals surface area contributed by atoms with E-state index in [-0.39, 0.29) is 6.09 Å². The summed E-state index contributed by atoms with van der Waals surface area (Å²) in [5.41, 5.74) is 1.96. The van der Waals surface area contributed by atoms with Gasteiger partial charge in [-0.05, 0) is 82.1 Å². The van der Waals surface area contributed by atoms with Crippen LogP contribution in [0.15, 0.2) is 47.8 Å². The number of allylic oxidation sites excluding steroid dienone is 1. The maximum absolute atomic E-state index is 12.6. The van der Waals surface area contributed by atoms with Crippen molar-refractivity contribution in [1.82, 2.24) is 9.88 Å². The first-order valence-electron chi connectivity index (χ1n) is 11.9. The first kappa shape index (κ1) is 23.3. The number of hydrogen-bond acceptors (Lipinski definition) is 5. The molecule has 1 atom stereocenters. The first-order valence-corrected chi connectivity index (χ1v) is 11.9. The number of pyridine rings is 1.